The molecule has 0 amide bonds. The second kappa shape index (κ2) is 4.84. The molecule has 17 heavy (non-hydrogen) atoms. The molecule has 0 aromatic heterocycles. The Hall–Kier alpha value is -1.42. The largest absolute Gasteiger partial charge is 0.435 e. The summed E-state index contributed by atoms with van der Waals surface area (Å²) >= 11 is 0. The monoisotopic (exact) mass is 239 g/mol. The van der Waals surface area contributed by atoms with E-state index in [1.54, 1.807) is 12.1 Å². The van der Waals surface area contributed by atoms with Gasteiger partial charge in [0, 0.05) is 12.0 Å². The van der Waals surface area contributed by atoms with Crippen LogP contribution in [0.3, 0.4) is 0 Å². The molecule has 0 saturated carbocycles. The summed E-state index contributed by atoms with van der Waals surface area (Å²) in [5.41, 5.74) is 6.84. The van der Waals surface area contributed by atoms with E-state index in [1.807, 2.05) is 12.1 Å². The maximum absolute atomic E-state index is 12.0. The van der Waals surface area contributed by atoms with Crippen LogP contribution in [0.5, 0.6) is 5.75 Å². The fraction of sp³-hybridized carbons (Fsp3) is 0.385. The average molecular weight is 239 g/mol. The van der Waals surface area contributed by atoms with Crippen LogP contribution in [0.15, 0.2) is 36.4 Å². The Bertz CT molecular complexity index is 392. The third kappa shape index (κ3) is 2.47. The van der Waals surface area contributed by atoms with Crippen molar-refractivity contribution in [3.05, 3.63) is 42.0 Å². The van der Waals surface area contributed by atoms with Crippen LogP contribution in [-0.2, 0) is 5.41 Å². The fourth-order valence-electron chi connectivity index (χ4n) is 2.21. The SMILES string of the molecule is NCC1(c2ccc(OC(F)F)cc2)CC=CC1. The number of hydrogen-bond donors (Lipinski definition) is 1. The highest BCUT2D eigenvalue weighted by atomic mass is 19.3. The van der Waals surface area contributed by atoms with Gasteiger partial charge in [0.15, 0.2) is 0 Å². The molecule has 0 fully saturated rings. The molecule has 0 spiro atoms. The van der Waals surface area contributed by atoms with Gasteiger partial charge in [0.05, 0.1) is 0 Å². The molecule has 2 nitrogen and oxygen atoms in total. The van der Waals surface area contributed by atoms with Crippen LogP contribution in [0.1, 0.15) is 18.4 Å². The highest BCUT2D eigenvalue weighted by Crippen LogP contribution is 2.36. The lowest BCUT2D eigenvalue weighted by atomic mass is 9.78. The van der Waals surface area contributed by atoms with Crippen molar-refractivity contribution in [1.29, 1.82) is 0 Å². The summed E-state index contributed by atoms with van der Waals surface area (Å²) in [7, 11) is 0. The molecule has 1 aromatic carbocycles. The van der Waals surface area contributed by atoms with E-state index < -0.39 is 6.61 Å². The van der Waals surface area contributed by atoms with Crippen molar-refractivity contribution < 1.29 is 13.5 Å². The Morgan fingerprint density at radius 1 is 1.18 bits per heavy atom. The molecule has 1 aromatic rings. The third-order valence-corrected chi connectivity index (χ3v) is 3.27. The number of rotatable bonds is 4. The lowest BCUT2D eigenvalue weighted by Crippen LogP contribution is -2.32. The van der Waals surface area contributed by atoms with Crippen molar-refractivity contribution >= 4 is 0 Å². The summed E-state index contributed by atoms with van der Waals surface area (Å²) in [4.78, 5) is 0. The van der Waals surface area contributed by atoms with Gasteiger partial charge < -0.3 is 10.5 Å². The van der Waals surface area contributed by atoms with Gasteiger partial charge in [-0.1, -0.05) is 24.3 Å². The molecule has 2 N–H and O–H groups in total. The minimum absolute atomic E-state index is 0.0661. The average Bonchev–Trinajstić information content (AvgIpc) is 2.79. The van der Waals surface area contributed by atoms with Crippen LogP contribution in [0.2, 0.25) is 0 Å². The number of benzene rings is 1. The molecule has 2 rings (SSSR count). The van der Waals surface area contributed by atoms with Crippen LogP contribution in [0, 0.1) is 0 Å². The standard InChI is InChI=1S/C13H15F2NO/c14-12(15)17-11-5-3-10(4-6-11)13(9-16)7-1-2-8-13/h1-6,12H,7-9,16H2. The highest BCUT2D eigenvalue weighted by molar-refractivity contribution is 5.35. The van der Waals surface area contributed by atoms with Crippen LogP contribution < -0.4 is 10.5 Å². The summed E-state index contributed by atoms with van der Waals surface area (Å²) in [5, 5.41) is 0. The number of halogens is 2. The first kappa shape index (κ1) is 12.0. The second-order valence-electron chi connectivity index (χ2n) is 4.27. The number of hydrogen-bond acceptors (Lipinski definition) is 2. The van der Waals surface area contributed by atoms with Crippen molar-refractivity contribution in [3.8, 4) is 5.75 Å². The first-order chi connectivity index (χ1) is 8.16. The van der Waals surface area contributed by atoms with Gasteiger partial charge in [0.25, 0.3) is 0 Å². The zero-order valence-corrected chi connectivity index (χ0v) is 9.40. The van der Waals surface area contributed by atoms with Crippen LogP contribution in [0.4, 0.5) is 8.78 Å². The van der Waals surface area contributed by atoms with Gasteiger partial charge in [0.1, 0.15) is 5.75 Å². The smallest absolute Gasteiger partial charge is 0.387 e. The first-order valence-electron chi connectivity index (χ1n) is 5.57. The van der Waals surface area contributed by atoms with Gasteiger partial charge in [-0.2, -0.15) is 8.78 Å². The van der Waals surface area contributed by atoms with Crippen LogP contribution in [0.25, 0.3) is 0 Å². The Morgan fingerprint density at radius 2 is 1.76 bits per heavy atom. The molecule has 0 saturated heterocycles. The van der Waals surface area contributed by atoms with Gasteiger partial charge >= 0.3 is 6.61 Å². The van der Waals surface area contributed by atoms with E-state index in [1.165, 1.54) is 0 Å². The van der Waals surface area contributed by atoms with Gasteiger partial charge in [0.2, 0.25) is 0 Å². The van der Waals surface area contributed by atoms with Gasteiger partial charge in [-0.05, 0) is 30.5 Å². The van der Waals surface area contributed by atoms with E-state index in [-0.39, 0.29) is 11.2 Å². The number of allylic oxidation sites excluding steroid dienone is 2. The van der Waals surface area contributed by atoms with E-state index in [0.29, 0.717) is 6.54 Å². The molecule has 0 unspecified atom stereocenters. The van der Waals surface area contributed by atoms with Gasteiger partial charge in [-0.25, -0.2) is 0 Å². The Morgan fingerprint density at radius 3 is 2.24 bits per heavy atom. The Labute approximate surface area is 99.1 Å². The molecule has 0 atom stereocenters. The summed E-state index contributed by atoms with van der Waals surface area (Å²) in [5.74, 6) is 0.182. The third-order valence-electron chi connectivity index (χ3n) is 3.27. The zero-order chi connectivity index (χ0) is 12.3. The van der Waals surface area contributed by atoms with Crippen molar-refractivity contribution in [2.75, 3.05) is 6.54 Å². The van der Waals surface area contributed by atoms with Crippen molar-refractivity contribution in [2.45, 2.75) is 24.9 Å². The molecule has 0 aliphatic heterocycles. The molecule has 1 aliphatic carbocycles. The molecule has 4 heteroatoms. The van der Waals surface area contributed by atoms with Crippen LogP contribution in [-0.4, -0.2) is 13.2 Å². The second-order valence-corrected chi connectivity index (χ2v) is 4.27. The van der Waals surface area contributed by atoms with E-state index in [4.69, 9.17) is 5.73 Å². The summed E-state index contributed by atoms with van der Waals surface area (Å²) in [6.45, 7) is -2.23. The molecule has 0 bridgehead atoms. The maximum Gasteiger partial charge on any atom is 0.387 e. The number of nitrogens with two attached hydrogens (primary N) is 1. The number of ether oxygens (including phenoxy) is 1. The molecule has 1 aliphatic rings. The number of alkyl halides is 2. The van der Waals surface area contributed by atoms with E-state index in [0.717, 1.165) is 18.4 Å². The van der Waals surface area contributed by atoms with E-state index in [9.17, 15) is 8.78 Å². The maximum atomic E-state index is 12.0. The van der Waals surface area contributed by atoms with Gasteiger partial charge in [-0.3, -0.25) is 0 Å². The lowest BCUT2D eigenvalue weighted by Gasteiger charge is -2.28. The van der Waals surface area contributed by atoms with Crippen LogP contribution >= 0.6 is 0 Å². The quantitative estimate of drug-likeness (QED) is 0.820. The zero-order valence-electron chi connectivity index (χ0n) is 9.40. The fourth-order valence-corrected chi connectivity index (χ4v) is 2.21. The molecule has 0 radical (unpaired) electrons. The summed E-state index contributed by atoms with van der Waals surface area (Å²) < 4.78 is 28.3. The predicted molar refractivity (Wildman–Crippen MR) is 62.2 cm³/mol. The first-order valence-corrected chi connectivity index (χ1v) is 5.57. The summed E-state index contributed by atoms with van der Waals surface area (Å²) in [6.07, 6.45) is 6.02. The van der Waals surface area contributed by atoms with Crippen molar-refractivity contribution in [3.63, 3.8) is 0 Å². The van der Waals surface area contributed by atoms with E-state index in [2.05, 4.69) is 16.9 Å². The minimum Gasteiger partial charge on any atom is -0.435 e. The Balaban J connectivity index is 2.17. The van der Waals surface area contributed by atoms with Crippen molar-refractivity contribution in [1.82, 2.24) is 0 Å². The molecular weight excluding hydrogens is 224 g/mol. The molecule has 92 valence electrons. The lowest BCUT2D eigenvalue weighted by molar-refractivity contribution is -0.0498. The topological polar surface area (TPSA) is 35.2 Å². The molecular formula is C13H15F2NO. The van der Waals surface area contributed by atoms with E-state index >= 15 is 0 Å². The predicted octanol–water partition coefficient (Wildman–Crippen LogP) is 2.83. The van der Waals surface area contributed by atoms with Gasteiger partial charge in [-0.15, -0.1) is 0 Å². The van der Waals surface area contributed by atoms with Crippen molar-refractivity contribution in [2.24, 2.45) is 5.73 Å². The Kier molecular flexibility index (Phi) is 3.43. The minimum atomic E-state index is -2.78. The highest BCUT2D eigenvalue weighted by Gasteiger charge is 2.31. The normalized spacial score (nSPS) is 17.6. The summed E-state index contributed by atoms with van der Waals surface area (Å²) in [6, 6.07) is 6.77. The molecule has 0 heterocycles.